The Bertz CT molecular complexity index is 823. The van der Waals surface area contributed by atoms with Crippen LogP contribution in [0.1, 0.15) is 16.8 Å². The summed E-state index contributed by atoms with van der Waals surface area (Å²) >= 11 is 0. The number of hydrogen-bond acceptors (Lipinski definition) is 1. The maximum atomic E-state index is 13.1. The Hall–Kier alpha value is -2.62. The predicted octanol–water partition coefficient (Wildman–Crippen LogP) is 3.47. The lowest BCUT2D eigenvalue weighted by Gasteiger charge is -2.06. The number of benzene rings is 2. The molecule has 4 heteroatoms. The Balaban J connectivity index is 1.62. The van der Waals surface area contributed by atoms with Crippen LogP contribution in [0.15, 0.2) is 48.5 Å². The number of amides is 1. The lowest BCUT2D eigenvalue weighted by Crippen LogP contribution is -2.24. The largest absolute Gasteiger partial charge is 0.359 e. The summed E-state index contributed by atoms with van der Waals surface area (Å²) in [5.74, 6) is -0.436. The molecule has 0 radical (unpaired) electrons. The van der Waals surface area contributed by atoms with Gasteiger partial charge in [0.2, 0.25) is 5.91 Å². The standard InChI is InChI=1S/C18H17FN2O/c1-12-7-15-8-14(5-6-17(15)21-12)11-20-18(22)10-13-3-2-4-16(19)9-13/h2-9,21H,10-11H2,1H3,(H,20,22). The summed E-state index contributed by atoms with van der Waals surface area (Å²) in [6.07, 6.45) is 0.184. The smallest absolute Gasteiger partial charge is 0.224 e. The van der Waals surface area contributed by atoms with Gasteiger partial charge >= 0.3 is 0 Å². The van der Waals surface area contributed by atoms with Crippen LogP contribution in [-0.2, 0) is 17.8 Å². The molecular formula is C18H17FN2O. The molecule has 0 spiro atoms. The van der Waals surface area contributed by atoms with Crippen molar-refractivity contribution >= 4 is 16.8 Å². The molecule has 0 unspecified atom stereocenters. The van der Waals surface area contributed by atoms with Crippen LogP contribution in [0.25, 0.3) is 10.9 Å². The summed E-state index contributed by atoms with van der Waals surface area (Å²) in [7, 11) is 0. The van der Waals surface area contributed by atoms with Crippen molar-refractivity contribution < 1.29 is 9.18 Å². The fourth-order valence-electron chi connectivity index (χ4n) is 2.53. The van der Waals surface area contributed by atoms with E-state index in [1.54, 1.807) is 12.1 Å². The number of carbonyl (C=O) groups excluding carboxylic acids is 1. The number of aromatic amines is 1. The molecule has 2 N–H and O–H groups in total. The van der Waals surface area contributed by atoms with E-state index in [1.165, 1.54) is 12.1 Å². The Morgan fingerprint density at radius 1 is 1.14 bits per heavy atom. The first kappa shape index (κ1) is 14.3. The summed E-state index contributed by atoms with van der Waals surface area (Å²) in [4.78, 5) is 15.2. The highest BCUT2D eigenvalue weighted by atomic mass is 19.1. The molecule has 3 rings (SSSR count). The van der Waals surface area contributed by atoms with E-state index in [1.807, 2.05) is 19.1 Å². The van der Waals surface area contributed by atoms with E-state index in [-0.39, 0.29) is 18.1 Å². The summed E-state index contributed by atoms with van der Waals surface area (Å²) in [5.41, 5.74) is 3.92. The molecule has 0 fully saturated rings. The van der Waals surface area contributed by atoms with E-state index >= 15 is 0 Å². The van der Waals surface area contributed by atoms with Gasteiger partial charge in [-0.05, 0) is 53.8 Å². The third-order valence-corrected chi connectivity index (χ3v) is 3.56. The van der Waals surface area contributed by atoms with Crippen molar-refractivity contribution in [1.29, 1.82) is 0 Å². The molecule has 22 heavy (non-hydrogen) atoms. The van der Waals surface area contributed by atoms with Gasteiger partial charge in [-0.1, -0.05) is 18.2 Å². The van der Waals surface area contributed by atoms with Crippen molar-refractivity contribution in [3.63, 3.8) is 0 Å². The molecule has 0 aliphatic rings. The lowest BCUT2D eigenvalue weighted by atomic mass is 10.1. The van der Waals surface area contributed by atoms with Gasteiger partial charge in [-0.2, -0.15) is 0 Å². The van der Waals surface area contributed by atoms with Gasteiger partial charge in [-0.3, -0.25) is 4.79 Å². The molecule has 112 valence electrons. The molecule has 0 bridgehead atoms. The minimum Gasteiger partial charge on any atom is -0.359 e. The van der Waals surface area contributed by atoms with E-state index < -0.39 is 0 Å². The highest BCUT2D eigenvalue weighted by Crippen LogP contribution is 2.16. The van der Waals surface area contributed by atoms with Gasteiger partial charge in [-0.25, -0.2) is 4.39 Å². The van der Waals surface area contributed by atoms with Gasteiger partial charge < -0.3 is 10.3 Å². The normalized spacial score (nSPS) is 10.8. The van der Waals surface area contributed by atoms with E-state index in [9.17, 15) is 9.18 Å². The Morgan fingerprint density at radius 3 is 2.82 bits per heavy atom. The zero-order chi connectivity index (χ0) is 15.5. The number of halogens is 1. The maximum Gasteiger partial charge on any atom is 0.224 e. The van der Waals surface area contributed by atoms with E-state index in [4.69, 9.17) is 0 Å². The molecule has 1 amide bonds. The summed E-state index contributed by atoms with van der Waals surface area (Å²) in [6.45, 7) is 2.48. The third kappa shape index (κ3) is 3.34. The van der Waals surface area contributed by atoms with Crippen LogP contribution < -0.4 is 5.32 Å². The average Bonchev–Trinajstić information content (AvgIpc) is 2.84. The van der Waals surface area contributed by atoms with Crippen LogP contribution in [0.5, 0.6) is 0 Å². The van der Waals surface area contributed by atoms with E-state index in [0.717, 1.165) is 22.2 Å². The lowest BCUT2D eigenvalue weighted by molar-refractivity contribution is -0.120. The van der Waals surface area contributed by atoms with Crippen molar-refractivity contribution in [2.45, 2.75) is 19.9 Å². The fraction of sp³-hybridized carbons (Fsp3) is 0.167. The number of aromatic nitrogens is 1. The summed E-state index contributed by atoms with van der Waals surface area (Å²) in [6, 6.07) is 14.2. The van der Waals surface area contributed by atoms with Crippen molar-refractivity contribution in [2.24, 2.45) is 0 Å². The SMILES string of the molecule is Cc1cc2cc(CNC(=O)Cc3cccc(F)c3)ccc2[nH]1. The first-order chi connectivity index (χ1) is 10.6. The number of hydrogen-bond donors (Lipinski definition) is 2. The number of fused-ring (bicyclic) bond motifs is 1. The molecule has 1 aromatic heterocycles. The van der Waals surface area contributed by atoms with Crippen LogP contribution in [0.3, 0.4) is 0 Å². The summed E-state index contributed by atoms with van der Waals surface area (Å²) < 4.78 is 13.1. The molecule has 0 saturated carbocycles. The number of carbonyl (C=O) groups is 1. The first-order valence-corrected chi connectivity index (χ1v) is 7.19. The van der Waals surface area contributed by atoms with E-state index in [0.29, 0.717) is 12.1 Å². The van der Waals surface area contributed by atoms with Gasteiger partial charge in [0.05, 0.1) is 6.42 Å². The van der Waals surface area contributed by atoms with Crippen molar-refractivity contribution in [2.75, 3.05) is 0 Å². The highest BCUT2D eigenvalue weighted by Gasteiger charge is 2.05. The Kier molecular flexibility index (Phi) is 3.92. The number of H-pyrrole nitrogens is 1. The quantitative estimate of drug-likeness (QED) is 0.760. The molecule has 3 nitrogen and oxygen atoms in total. The Morgan fingerprint density at radius 2 is 2.00 bits per heavy atom. The van der Waals surface area contributed by atoms with Crippen molar-refractivity contribution in [3.05, 3.63) is 71.2 Å². The molecular weight excluding hydrogens is 279 g/mol. The second-order valence-electron chi connectivity index (χ2n) is 5.46. The zero-order valence-corrected chi connectivity index (χ0v) is 12.3. The van der Waals surface area contributed by atoms with Crippen LogP contribution in [-0.4, -0.2) is 10.9 Å². The van der Waals surface area contributed by atoms with Gasteiger partial charge in [-0.15, -0.1) is 0 Å². The molecule has 2 aromatic carbocycles. The second-order valence-corrected chi connectivity index (χ2v) is 5.46. The second kappa shape index (κ2) is 6.02. The third-order valence-electron chi connectivity index (χ3n) is 3.56. The Labute approximate surface area is 128 Å². The topological polar surface area (TPSA) is 44.9 Å². The number of nitrogens with one attached hydrogen (secondary N) is 2. The monoisotopic (exact) mass is 296 g/mol. The van der Waals surface area contributed by atoms with Crippen molar-refractivity contribution in [3.8, 4) is 0 Å². The zero-order valence-electron chi connectivity index (χ0n) is 12.3. The first-order valence-electron chi connectivity index (χ1n) is 7.19. The molecule has 1 heterocycles. The predicted molar refractivity (Wildman–Crippen MR) is 85.0 cm³/mol. The van der Waals surface area contributed by atoms with Gasteiger partial charge in [0.15, 0.2) is 0 Å². The molecule has 0 aliphatic carbocycles. The number of aryl methyl sites for hydroxylation is 1. The molecule has 0 atom stereocenters. The van der Waals surface area contributed by atoms with Gasteiger partial charge in [0.1, 0.15) is 5.82 Å². The van der Waals surface area contributed by atoms with Gasteiger partial charge in [0.25, 0.3) is 0 Å². The fourth-order valence-corrected chi connectivity index (χ4v) is 2.53. The minimum atomic E-state index is -0.321. The number of rotatable bonds is 4. The van der Waals surface area contributed by atoms with Crippen LogP contribution in [0.4, 0.5) is 4.39 Å². The maximum absolute atomic E-state index is 13.1. The molecule has 3 aromatic rings. The van der Waals surface area contributed by atoms with E-state index in [2.05, 4.69) is 22.4 Å². The van der Waals surface area contributed by atoms with Crippen LogP contribution >= 0.6 is 0 Å². The molecule has 0 aliphatic heterocycles. The van der Waals surface area contributed by atoms with Crippen molar-refractivity contribution in [1.82, 2.24) is 10.3 Å². The van der Waals surface area contributed by atoms with Crippen LogP contribution in [0.2, 0.25) is 0 Å². The molecule has 0 saturated heterocycles. The average molecular weight is 296 g/mol. The van der Waals surface area contributed by atoms with Crippen LogP contribution in [0, 0.1) is 12.7 Å². The van der Waals surface area contributed by atoms with Gasteiger partial charge in [0, 0.05) is 17.8 Å². The minimum absolute atomic E-state index is 0.115. The summed E-state index contributed by atoms with van der Waals surface area (Å²) in [5, 5.41) is 4.00. The highest BCUT2D eigenvalue weighted by molar-refractivity contribution is 5.81.